The summed E-state index contributed by atoms with van der Waals surface area (Å²) in [5.41, 5.74) is 0. The summed E-state index contributed by atoms with van der Waals surface area (Å²) in [4.78, 5) is 0. The molecule has 0 aliphatic heterocycles. The van der Waals surface area contributed by atoms with Gasteiger partial charge in [0.15, 0.2) is 0 Å². The number of unbranched alkanes of at least 4 members (excludes halogenated alkanes) is 31. The van der Waals surface area contributed by atoms with E-state index in [1.54, 1.807) is 0 Å². The molecule has 0 heterocycles. The number of nitrogens with zero attached hydrogens (tertiary/aromatic N) is 1. The van der Waals surface area contributed by atoms with Crippen molar-refractivity contribution in [2.75, 3.05) is 26.7 Å². The van der Waals surface area contributed by atoms with Gasteiger partial charge >= 0.3 is 0 Å². The van der Waals surface area contributed by atoms with E-state index in [4.69, 9.17) is 0 Å². The Kier molecular flexibility index (Phi) is 35.4. The van der Waals surface area contributed by atoms with Crippen molar-refractivity contribution in [1.82, 2.24) is 0 Å². The molecule has 0 aliphatic carbocycles. The molecule has 0 fully saturated rings. The van der Waals surface area contributed by atoms with Crippen LogP contribution in [0.2, 0.25) is 0 Å². The van der Waals surface area contributed by atoms with Gasteiger partial charge in [-0.3, -0.25) is 0 Å². The van der Waals surface area contributed by atoms with Crippen molar-refractivity contribution in [3.05, 3.63) is 0 Å². The van der Waals surface area contributed by atoms with Crippen LogP contribution in [-0.4, -0.2) is 31.2 Å². The van der Waals surface area contributed by atoms with Gasteiger partial charge in [-0.15, -0.1) is 0 Å². The Bertz CT molecular complexity index is 435. The van der Waals surface area contributed by atoms with Crippen LogP contribution in [0.15, 0.2) is 0 Å². The van der Waals surface area contributed by atoms with Crippen LogP contribution in [0.5, 0.6) is 0 Å². The molecular weight excluding hydrogens is 506 g/mol. The van der Waals surface area contributed by atoms with E-state index in [1.165, 1.54) is 242 Å². The van der Waals surface area contributed by atoms with Crippen molar-refractivity contribution >= 4 is 0 Å². The fourth-order valence-electron chi connectivity index (χ4n) is 6.96. The third-order valence-electron chi connectivity index (χ3n) is 10.2. The Morgan fingerprint density at radius 1 is 0.214 bits per heavy atom. The summed E-state index contributed by atoms with van der Waals surface area (Å²) in [7, 11) is 2.58. The maximum absolute atomic E-state index is 2.58. The molecule has 0 spiro atoms. The van der Waals surface area contributed by atoms with E-state index in [0.29, 0.717) is 0 Å². The summed E-state index contributed by atoms with van der Waals surface area (Å²) in [6, 6.07) is 0. The number of quaternary nitrogens is 1. The molecule has 0 unspecified atom stereocenters. The molecule has 0 saturated carbocycles. The molecule has 0 radical (unpaired) electrons. The minimum absolute atomic E-state index is 1.35. The minimum atomic E-state index is 1.35. The average molecular weight is 593 g/mol. The zero-order chi connectivity index (χ0) is 30.7. The van der Waals surface area contributed by atoms with E-state index in [9.17, 15) is 0 Å². The average Bonchev–Trinajstić information content (AvgIpc) is 2.99. The molecule has 1 nitrogen and oxygen atoms in total. The number of hydrogen-bond donors (Lipinski definition) is 0. The highest BCUT2D eigenvalue weighted by atomic mass is 15.3. The molecule has 0 saturated heterocycles. The standard InChI is InChI=1S/C41H86N/c1-5-8-11-13-15-17-19-21-23-25-27-29-31-33-35-37-40-42(4,39-10-7-3)41-38-36-34-32-30-28-26-24-22-20-18-16-14-12-9-6-2/h5-41H2,1-4H3/q+1. The predicted octanol–water partition coefficient (Wildman–Crippen LogP) is 14.8. The largest absolute Gasteiger partial charge is 0.326 e. The highest BCUT2D eigenvalue weighted by molar-refractivity contribution is 4.53. The van der Waals surface area contributed by atoms with Crippen LogP contribution in [0.25, 0.3) is 0 Å². The van der Waals surface area contributed by atoms with Crippen LogP contribution in [0.1, 0.15) is 239 Å². The molecular formula is C41H86N+. The molecule has 0 rings (SSSR count). The molecule has 0 aromatic rings. The summed E-state index contributed by atoms with van der Waals surface area (Å²) in [5, 5.41) is 0. The van der Waals surface area contributed by atoms with E-state index in [1.807, 2.05) is 0 Å². The lowest BCUT2D eigenvalue weighted by Gasteiger charge is -2.35. The van der Waals surface area contributed by atoms with Gasteiger partial charge in [-0.05, 0) is 32.1 Å². The summed E-state index contributed by atoms with van der Waals surface area (Å²) in [5.74, 6) is 0. The van der Waals surface area contributed by atoms with Gasteiger partial charge in [0.1, 0.15) is 0 Å². The predicted molar refractivity (Wildman–Crippen MR) is 195 cm³/mol. The van der Waals surface area contributed by atoms with Crippen LogP contribution >= 0.6 is 0 Å². The fourth-order valence-corrected chi connectivity index (χ4v) is 6.96. The van der Waals surface area contributed by atoms with Crippen LogP contribution < -0.4 is 0 Å². The first-order valence-electron chi connectivity index (χ1n) is 20.5. The SMILES string of the molecule is CCCCCCCCCCCCCCCCCC[N+](C)(CCCC)CCCCCCCCCCCCCCCCCC. The van der Waals surface area contributed by atoms with Gasteiger partial charge in [0.2, 0.25) is 0 Å². The summed E-state index contributed by atoms with van der Waals surface area (Å²) < 4.78 is 1.35. The van der Waals surface area contributed by atoms with E-state index in [0.717, 1.165) is 0 Å². The summed E-state index contributed by atoms with van der Waals surface area (Å²) in [6.07, 6.45) is 49.8. The van der Waals surface area contributed by atoms with E-state index in [2.05, 4.69) is 27.8 Å². The Labute approximate surface area is 269 Å². The van der Waals surface area contributed by atoms with E-state index < -0.39 is 0 Å². The molecule has 0 aromatic heterocycles. The molecule has 254 valence electrons. The first-order valence-corrected chi connectivity index (χ1v) is 20.5. The Hall–Kier alpha value is -0.0400. The maximum atomic E-state index is 2.58. The summed E-state index contributed by atoms with van der Waals surface area (Å²) in [6.45, 7) is 11.3. The number of rotatable bonds is 37. The third-order valence-corrected chi connectivity index (χ3v) is 10.2. The van der Waals surface area contributed by atoms with Crippen molar-refractivity contribution in [1.29, 1.82) is 0 Å². The molecule has 0 amide bonds. The Morgan fingerprint density at radius 3 is 0.595 bits per heavy atom. The molecule has 0 bridgehead atoms. The molecule has 0 N–H and O–H groups in total. The smallest absolute Gasteiger partial charge is 0.0784 e. The first-order chi connectivity index (χ1) is 20.7. The number of hydrogen-bond acceptors (Lipinski definition) is 0. The molecule has 0 atom stereocenters. The van der Waals surface area contributed by atoms with Crippen molar-refractivity contribution < 1.29 is 4.48 Å². The first kappa shape index (κ1) is 42.0. The highest BCUT2D eigenvalue weighted by Gasteiger charge is 2.19. The van der Waals surface area contributed by atoms with Gasteiger partial charge in [0, 0.05) is 0 Å². The molecule has 42 heavy (non-hydrogen) atoms. The lowest BCUT2D eigenvalue weighted by Crippen LogP contribution is -2.46. The molecule has 1 heteroatoms. The zero-order valence-corrected chi connectivity index (χ0v) is 30.6. The van der Waals surface area contributed by atoms with Crippen LogP contribution in [0.4, 0.5) is 0 Å². The van der Waals surface area contributed by atoms with Crippen LogP contribution in [0.3, 0.4) is 0 Å². The normalized spacial score (nSPS) is 12.0. The maximum Gasteiger partial charge on any atom is 0.0784 e. The van der Waals surface area contributed by atoms with E-state index >= 15 is 0 Å². The van der Waals surface area contributed by atoms with Gasteiger partial charge in [0.25, 0.3) is 0 Å². The lowest BCUT2D eigenvalue weighted by molar-refractivity contribution is -0.910. The van der Waals surface area contributed by atoms with Gasteiger partial charge < -0.3 is 4.48 Å². The highest BCUT2D eigenvalue weighted by Crippen LogP contribution is 2.18. The van der Waals surface area contributed by atoms with Crippen molar-refractivity contribution in [3.8, 4) is 0 Å². The topological polar surface area (TPSA) is 0 Å². The molecule has 0 aromatic carbocycles. The molecule has 0 aliphatic rings. The van der Waals surface area contributed by atoms with Gasteiger partial charge in [-0.25, -0.2) is 0 Å². The monoisotopic (exact) mass is 593 g/mol. The van der Waals surface area contributed by atoms with Gasteiger partial charge in [-0.2, -0.15) is 0 Å². The van der Waals surface area contributed by atoms with Crippen LogP contribution in [-0.2, 0) is 0 Å². The second-order valence-electron chi connectivity index (χ2n) is 14.8. The van der Waals surface area contributed by atoms with Gasteiger partial charge in [-0.1, -0.05) is 207 Å². The minimum Gasteiger partial charge on any atom is -0.326 e. The fraction of sp³-hybridized carbons (Fsp3) is 1.00. The Morgan fingerprint density at radius 2 is 0.381 bits per heavy atom. The lowest BCUT2D eigenvalue weighted by atomic mass is 10.0. The quantitative estimate of drug-likeness (QED) is 0.0497. The second-order valence-corrected chi connectivity index (χ2v) is 14.8. The Balaban J connectivity index is 3.58. The summed E-state index contributed by atoms with van der Waals surface area (Å²) >= 11 is 0. The third kappa shape index (κ3) is 32.9. The van der Waals surface area contributed by atoms with Crippen LogP contribution in [0, 0.1) is 0 Å². The zero-order valence-electron chi connectivity index (χ0n) is 30.6. The second kappa shape index (κ2) is 35.4. The van der Waals surface area contributed by atoms with Gasteiger partial charge in [0.05, 0.1) is 26.7 Å². The van der Waals surface area contributed by atoms with Crippen molar-refractivity contribution in [2.24, 2.45) is 0 Å². The van der Waals surface area contributed by atoms with E-state index in [-0.39, 0.29) is 0 Å². The van der Waals surface area contributed by atoms with Crippen molar-refractivity contribution in [3.63, 3.8) is 0 Å². The van der Waals surface area contributed by atoms with Crippen molar-refractivity contribution in [2.45, 2.75) is 239 Å².